The maximum atomic E-state index is 12.2. The molecule has 0 radical (unpaired) electrons. The smallest absolute Gasteiger partial charge is 0.315 e. The summed E-state index contributed by atoms with van der Waals surface area (Å²) in [4.78, 5) is 12.2. The maximum Gasteiger partial charge on any atom is 0.315 e. The number of rotatable bonds is 6. The van der Waals surface area contributed by atoms with Gasteiger partial charge in [-0.3, -0.25) is 0 Å². The number of amides is 2. The number of hydrogen-bond donors (Lipinski definition) is 2. The Hall–Kier alpha value is -2.49. The maximum absolute atomic E-state index is 12.2. The van der Waals surface area contributed by atoms with Crippen LogP contribution < -0.4 is 15.4 Å². The van der Waals surface area contributed by atoms with Gasteiger partial charge in [-0.2, -0.15) is 0 Å². The third kappa shape index (κ3) is 5.02. The fourth-order valence-corrected chi connectivity index (χ4v) is 2.42. The zero-order valence-electron chi connectivity index (χ0n) is 13.9. The van der Waals surface area contributed by atoms with E-state index in [4.69, 9.17) is 4.74 Å². The number of hydrogen-bond acceptors (Lipinski definition) is 2. The van der Waals surface area contributed by atoms with Gasteiger partial charge in [-0.15, -0.1) is 0 Å². The van der Waals surface area contributed by atoms with Gasteiger partial charge in [0.05, 0.1) is 13.2 Å². The van der Waals surface area contributed by atoms with E-state index in [1.54, 1.807) is 7.11 Å². The molecule has 0 saturated carbocycles. The highest BCUT2D eigenvalue weighted by atomic mass is 16.5. The molecule has 0 bridgehead atoms. The van der Waals surface area contributed by atoms with Crippen molar-refractivity contribution in [1.82, 2.24) is 10.6 Å². The molecule has 0 aliphatic carbocycles. The number of carbonyl (C=O) groups excluding carboxylic acids is 1. The summed E-state index contributed by atoms with van der Waals surface area (Å²) in [5, 5.41) is 5.95. The average molecular weight is 312 g/mol. The summed E-state index contributed by atoms with van der Waals surface area (Å²) in [5.74, 6) is 1.09. The molecule has 2 aromatic rings. The van der Waals surface area contributed by atoms with Crippen LogP contribution >= 0.6 is 0 Å². The molecule has 1 atom stereocenters. The van der Waals surface area contributed by atoms with Crippen molar-refractivity contribution in [2.24, 2.45) is 5.92 Å². The molecule has 0 heterocycles. The summed E-state index contributed by atoms with van der Waals surface area (Å²) >= 11 is 0. The summed E-state index contributed by atoms with van der Waals surface area (Å²) in [6, 6.07) is 17.5. The van der Waals surface area contributed by atoms with Gasteiger partial charge in [0.1, 0.15) is 5.75 Å². The lowest BCUT2D eigenvalue weighted by Gasteiger charge is -2.23. The van der Waals surface area contributed by atoms with Crippen LogP contribution in [0.1, 0.15) is 31.0 Å². The second-order valence-electron chi connectivity index (χ2n) is 5.81. The molecule has 0 aliphatic rings. The summed E-state index contributed by atoms with van der Waals surface area (Å²) in [5.41, 5.74) is 2.14. The van der Waals surface area contributed by atoms with E-state index >= 15 is 0 Å². The van der Waals surface area contributed by atoms with Gasteiger partial charge in [0, 0.05) is 6.54 Å². The molecule has 122 valence electrons. The lowest BCUT2D eigenvalue weighted by molar-refractivity contribution is 0.232. The zero-order valence-corrected chi connectivity index (χ0v) is 13.9. The molecule has 4 heteroatoms. The molecular weight excluding hydrogens is 288 g/mol. The van der Waals surface area contributed by atoms with Crippen molar-refractivity contribution in [2.45, 2.75) is 26.4 Å². The normalized spacial score (nSPS) is 11.8. The Morgan fingerprint density at radius 2 is 1.70 bits per heavy atom. The highest BCUT2D eigenvalue weighted by Gasteiger charge is 2.18. The predicted octanol–water partition coefficient (Wildman–Crippen LogP) is 3.89. The van der Waals surface area contributed by atoms with Crippen LogP contribution in [0.4, 0.5) is 4.79 Å². The van der Waals surface area contributed by atoms with Crippen molar-refractivity contribution in [2.75, 3.05) is 7.11 Å². The first-order valence-corrected chi connectivity index (χ1v) is 7.82. The van der Waals surface area contributed by atoms with Gasteiger partial charge >= 0.3 is 6.03 Å². The summed E-state index contributed by atoms with van der Waals surface area (Å²) in [6.45, 7) is 4.69. The van der Waals surface area contributed by atoms with Gasteiger partial charge in [0.25, 0.3) is 0 Å². The van der Waals surface area contributed by atoms with E-state index in [1.165, 1.54) is 0 Å². The molecule has 4 nitrogen and oxygen atoms in total. The van der Waals surface area contributed by atoms with Crippen LogP contribution in [0.2, 0.25) is 0 Å². The summed E-state index contributed by atoms with van der Waals surface area (Å²) < 4.78 is 5.18. The molecular formula is C19H24N2O2. The Balaban J connectivity index is 1.96. The van der Waals surface area contributed by atoms with Crippen LogP contribution in [-0.2, 0) is 6.54 Å². The number of urea groups is 1. The molecule has 2 aromatic carbocycles. The van der Waals surface area contributed by atoms with Gasteiger partial charge < -0.3 is 15.4 Å². The Labute approximate surface area is 137 Å². The van der Waals surface area contributed by atoms with Gasteiger partial charge in [-0.1, -0.05) is 56.3 Å². The first-order valence-electron chi connectivity index (χ1n) is 7.82. The standard InChI is InChI=1S/C19H24N2O2/c1-14(2)18(16-9-11-17(23-3)12-10-16)21-19(22)20-13-15-7-5-4-6-8-15/h4-12,14,18H,13H2,1-3H3,(H2,20,21,22). The Bertz CT molecular complexity index is 609. The minimum atomic E-state index is -0.164. The molecule has 0 aliphatic heterocycles. The molecule has 23 heavy (non-hydrogen) atoms. The quantitative estimate of drug-likeness (QED) is 0.850. The van der Waals surface area contributed by atoms with E-state index in [1.807, 2.05) is 54.6 Å². The largest absolute Gasteiger partial charge is 0.497 e. The lowest BCUT2D eigenvalue weighted by Crippen LogP contribution is -2.39. The van der Waals surface area contributed by atoms with Crippen molar-refractivity contribution in [3.63, 3.8) is 0 Å². The molecule has 2 N–H and O–H groups in total. The van der Waals surface area contributed by atoms with Gasteiger partial charge in [0.15, 0.2) is 0 Å². The zero-order chi connectivity index (χ0) is 16.7. The van der Waals surface area contributed by atoms with Gasteiger partial charge in [-0.05, 0) is 29.2 Å². The van der Waals surface area contributed by atoms with Crippen molar-refractivity contribution in [3.8, 4) is 5.75 Å². The van der Waals surface area contributed by atoms with E-state index in [0.29, 0.717) is 6.54 Å². The molecule has 2 amide bonds. The topological polar surface area (TPSA) is 50.4 Å². The number of benzene rings is 2. The first-order chi connectivity index (χ1) is 11.1. The Morgan fingerprint density at radius 1 is 1.04 bits per heavy atom. The highest BCUT2D eigenvalue weighted by Crippen LogP contribution is 2.23. The van der Waals surface area contributed by atoms with Gasteiger partial charge in [-0.25, -0.2) is 4.79 Å². The van der Waals surface area contributed by atoms with Gasteiger partial charge in [0.2, 0.25) is 0 Å². The van der Waals surface area contributed by atoms with E-state index in [9.17, 15) is 4.79 Å². The molecule has 1 unspecified atom stereocenters. The number of ether oxygens (including phenoxy) is 1. The van der Waals surface area contributed by atoms with Crippen molar-refractivity contribution in [1.29, 1.82) is 0 Å². The van der Waals surface area contributed by atoms with E-state index in [-0.39, 0.29) is 18.0 Å². The van der Waals surface area contributed by atoms with Crippen LogP contribution in [0.15, 0.2) is 54.6 Å². The minimum Gasteiger partial charge on any atom is -0.497 e. The van der Waals surface area contributed by atoms with E-state index in [0.717, 1.165) is 16.9 Å². The Kier molecular flexibility index (Phi) is 6.03. The van der Waals surface area contributed by atoms with Crippen LogP contribution in [0.25, 0.3) is 0 Å². The predicted molar refractivity (Wildman–Crippen MR) is 92.4 cm³/mol. The average Bonchev–Trinajstić information content (AvgIpc) is 2.58. The van der Waals surface area contributed by atoms with Crippen molar-refractivity contribution >= 4 is 6.03 Å². The van der Waals surface area contributed by atoms with Crippen molar-refractivity contribution < 1.29 is 9.53 Å². The fraction of sp³-hybridized carbons (Fsp3) is 0.316. The van der Waals surface area contributed by atoms with Crippen LogP contribution in [0.5, 0.6) is 5.75 Å². The molecule has 0 saturated heterocycles. The fourth-order valence-electron chi connectivity index (χ4n) is 2.42. The van der Waals surface area contributed by atoms with E-state index < -0.39 is 0 Å². The minimum absolute atomic E-state index is 0.0447. The van der Waals surface area contributed by atoms with Crippen LogP contribution in [0.3, 0.4) is 0 Å². The Morgan fingerprint density at radius 3 is 2.26 bits per heavy atom. The monoisotopic (exact) mass is 312 g/mol. The first kappa shape index (κ1) is 16.9. The van der Waals surface area contributed by atoms with E-state index in [2.05, 4.69) is 24.5 Å². The molecule has 0 fully saturated rings. The lowest BCUT2D eigenvalue weighted by atomic mass is 9.96. The number of carbonyl (C=O) groups is 1. The third-order valence-corrected chi connectivity index (χ3v) is 3.72. The molecule has 0 spiro atoms. The summed E-state index contributed by atoms with van der Waals surface area (Å²) in [7, 11) is 1.64. The number of methoxy groups -OCH3 is 1. The van der Waals surface area contributed by atoms with Crippen LogP contribution in [0, 0.1) is 5.92 Å². The second-order valence-corrected chi connectivity index (χ2v) is 5.81. The van der Waals surface area contributed by atoms with Crippen molar-refractivity contribution in [3.05, 3.63) is 65.7 Å². The number of nitrogens with one attached hydrogen (secondary N) is 2. The van der Waals surface area contributed by atoms with Crippen LogP contribution in [-0.4, -0.2) is 13.1 Å². The molecule has 2 rings (SSSR count). The highest BCUT2D eigenvalue weighted by molar-refractivity contribution is 5.74. The SMILES string of the molecule is COc1ccc(C(NC(=O)NCc2ccccc2)C(C)C)cc1. The second kappa shape index (κ2) is 8.22. The summed E-state index contributed by atoms with van der Waals surface area (Å²) in [6.07, 6.45) is 0. The third-order valence-electron chi connectivity index (χ3n) is 3.72. The molecule has 0 aromatic heterocycles.